The lowest BCUT2D eigenvalue weighted by Crippen LogP contribution is -2.24. The molecular formula is C11H16ClN3O3. The minimum absolute atomic E-state index is 0.166. The van der Waals surface area contributed by atoms with Crippen molar-refractivity contribution >= 4 is 17.4 Å². The van der Waals surface area contributed by atoms with E-state index in [0.29, 0.717) is 12.2 Å². The van der Waals surface area contributed by atoms with Gasteiger partial charge < -0.3 is 19.8 Å². The van der Waals surface area contributed by atoms with Crippen LogP contribution in [0.25, 0.3) is 0 Å². The molecule has 1 aliphatic rings. The van der Waals surface area contributed by atoms with Crippen molar-refractivity contribution in [2.24, 2.45) is 0 Å². The van der Waals surface area contributed by atoms with E-state index in [-0.39, 0.29) is 18.0 Å². The second kappa shape index (κ2) is 5.36. The number of aromatic nitrogens is 2. The minimum Gasteiger partial charge on any atom is -0.394 e. The van der Waals surface area contributed by atoms with Gasteiger partial charge in [0.2, 0.25) is 5.28 Å². The third-order valence-electron chi connectivity index (χ3n) is 2.94. The summed E-state index contributed by atoms with van der Waals surface area (Å²) in [7, 11) is 3.69. The van der Waals surface area contributed by atoms with Crippen LogP contribution in [0.3, 0.4) is 0 Å². The van der Waals surface area contributed by atoms with Gasteiger partial charge in [-0.25, -0.2) is 9.97 Å². The summed E-state index contributed by atoms with van der Waals surface area (Å²) < 4.78 is 5.59. The maximum atomic E-state index is 9.74. The fraction of sp³-hybridized carbons (Fsp3) is 0.636. The van der Waals surface area contributed by atoms with E-state index < -0.39 is 12.2 Å². The normalized spacial score (nSPS) is 27.5. The predicted octanol–water partition coefficient (Wildman–Crippen LogP) is 0.379. The first-order valence-corrected chi connectivity index (χ1v) is 6.05. The Bertz CT molecular complexity index is 430. The second-order valence-corrected chi connectivity index (χ2v) is 4.80. The minimum atomic E-state index is -0.675. The van der Waals surface area contributed by atoms with Gasteiger partial charge in [-0.15, -0.1) is 0 Å². The molecule has 1 aliphatic heterocycles. The first kappa shape index (κ1) is 13.5. The van der Waals surface area contributed by atoms with Crippen LogP contribution in [0.1, 0.15) is 18.1 Å². The van der Waals surface area contributed by atoms with E-state index in [2.05, 4.69) is 9.97 Å². The zero-order chi connectivity index (χ0) is 13.3. The first-order valence-electron chi connectivity index (χ1n) is 5.67. The molecule has 3 atom stereocenters. The molecule has 100 valence electrons. The molecule has 6 nitrogen and oxygen atoms in total. The van der Waals surface area contributed by atoms with Crippen LogP contribution in [0.15, 0.2) is 6.20 Å². The fourth-order valence-corrected chi connectivity index (χ4v) is 2.17. The summed E-state index contributed by atoms with van der Waals surface area (Å²) in [6.45, 7) is -0.205. The molecule has 0 amide bonds. The van der Waals surface area contributed by atoms with Gasteiger partial charge in [0, 0.05) is 32.3 Å². The second-order valence-electron chi connectivity index (χ2n) is 4.46. The molecule has 2 N–H and O–H groups in total. The SMILES string of the molecule is CN(C)c1nc(Cl)ncc1[C@H]1C[C@H](O)[C@@H](CO)O1. The van der Waals surface area contributed by atoms with Gasteiger partial charge in [0.25, 0.3) is 0 Å². The maximum Gasteiger partial charge on any atom is 0.224 e. The van der Waals surface area contributed by atoms with Crippen molar-refractivity contribution in [3.05, 3.63) is 17.0 Å². The molecule has 0 radical (unpaired) electrons. The zero-order valence-corrected chi connectivity index (χ0v) is 11.0. The largest absolute Gasteiger partial charge is 0.394 e. The third kappa shape index (κ3) is 2.56. The number of hydrogen-bond donors (Lipinski definition) is 2. The lowest BCUT2D eigenvalue weighted by molar-refractivity contribution is -0.0225. The highest BCUT2D eigenvalue weighted by molar-refractivity contribution is 6.28. The number of anilines is 1. The van der Waals surface area contributed by atoms with Gasteiger partial charge in [-0.2, -0.15) is 0 Å². The molecule has 1 fully saturated rings. The molecule has 1 aromatic rings. The number of aliphatic hydroxyl groups is 2. The quantitative estimate of drug-likeness (QED) is 0.775. The number of aliphatic hydroxyl groups excluding tert-OH is 2. The Balaban J connectivity index is 2.29. The summed E-state index contributed by atoms with van der Waals surface area (Å²) in [5, 5.41) is 19.0. The van der Waals surface area contributed by atoms with Gasteiger partial charge in [-0.3, -0.25) is 0 Å². The number of hydrogen-bond acceptors (Lipinski definition) is 6. The van der Waals surface area contributed by atoms with E-state index in [0.717, 1.165) is 5.56 Å². The summed E-state index contributed by atoms with van der Waals surface area (Å²) in [5.41, 5.74) is 0.763. The molecule has 1 saturated heterocycles. The molecule has 7 heteroatoms. The van der Waals surface area contributed by atoms with Crippen LogP contribution in [0.5, 0.6) is 0 Å². The molecule has 0 saturated carbocycles. The monoisotopic (exact) mass is 273 g/mol. The Labute approximate surface area is 110 Å². The molecule has 2 rings (SSSR count). The van der Waals surface area contributed by atoms with Crippen molar-refractivity contribution in [1.29, 1.82) is 0 Å². The van der Waals surface area contributed by atoms with Crippen LogP contribution in [0, 0.1) is 0 Å². The summed E-state index contributed by atoms with van der Waals surface area (Å²) in [6.07, 6.45) is 0.456. The van der Waals surface area contributed by atoms with Crippen LogP contribution in [0.4, 0.5) is 5.82 Å². The highest BCUT2D eigenvalue weighted by Gasteiger charge is 2.36. The van der Waals surface area contributed by atoms with Gasteiger partial charge in [0.1, 0.15) is 11.9 Å². The Kier molecular flexibility index (Phi) is 4.01. The topological polar surface area (TPSA) is 78.7 Å². The Morgan fingerprint density at radius 2 is 2.28 bits per heavy atom. The summed E-state index contributed by atoms with van der Waals surface area (Å²) in [4.78, 5) is 9.91. The summed E-state index contributed by atoms with van der Waals surface area (Å²) in [5.74, 6) is 0.658. The lowest BCUT2D eigenvalue weighted by Gasteiger charge is -2.19. The van der Waals surface area contributed by atoms with Crippen molar-refractivity contribution in [3.8, 4) is 0 Å². The number of rotatable bonds is 3. The molecule has 0 bridgehead atoms. The van der Waals surface area contributed by atoms with E-state index >= 15 is 0 Å². The average Bonchev–Trinajstić information content (AvgIpc) is 2.70. The van der Waals surface area contributed by atoms with Gasteiger partial charge >= 0.3 is 0 Å². The van der Waals surface area contributed by atoms with Gasteiger partial charge in [-0.05, 0) is 11.6 Å². The number of nitrogens with zero attached hydrogens (tertiary/aromatic N) is 3. The predicted molar refractivity (Wildman–Crippen MR) is 66.7 cm³/mol. The van der Waals surface area contributed by atoms with E-state index in [4.69, 9.17) is 21.4 Å². The van der Waals surface area contributed by atoms with Gasteiger partial charge in [-0.1, -0.05) is 0 Å². The van der Waals surface area contributed by atoms with E-state index in [1.807, 2.05) is 19.0 Å². The third-order valence-corrected chi connectivity index (χ3v) is 3.12. The van der Waals surface area contributed by atoms with Crippen LogP contribution < -0.4 is 4.90 Å². The van der Waals surface area contributed by atoms with E-state index in [1.165, 1.54) is 0 Å². The highest BCUT2D eigenvalue weighted by atomic mass is 35.5. The van der Waals surface area contributed by atoms with Gasteiger partial charge in [0.15, 0.2) is 0 Å². The average molecular weight is 274 g/mol. The Morgan fingerprint density at radius 3 is 2.83 bits per heavy atom. The summed E-state index contributed by atoms with van der Waals surface area (Å²) >= 11 is 5.77. The first-order chi connectivity index (χ1) is 8.52. The number of ether oxygens (including phenoxy) is 1. The van der Waals surface area contributed by atoms with Crippen molar-refractivity contribution in [2.45, 2.75) is 24.7 Å². The van der Waals surface area contributed by atoms with E-state index in [9.17, 15) is 5.11 Å². The Hall–Kier alpha value is -0.950. The van der Waals surface area contributed by atoms with Crippen LogP contribution in [-0.2, 0) is 4.74 Å². The van der Waals surface area contributed by atoms with Crippen molar-refractivity contribution in [2.75, 3.05) is 25.6 Å². The van der Waals surface area contributed by atoms with Crippen LogP contribution in [-0.4, -0.2) is 53.1 Å². The molecule has 0 unspecified atom stereocenters. The van der Waals surface area contributed by atoms with Crippen LogP contribution >= 0.6 is 11.6 Å². The van der Waals surface area contributed by atoms with Crippen LogP contribution in [0.2, 0.25) is 5.28 Å². The smallest absolute Gasteiger partial charge is 0.224 e. The van der Waals surface area contributed by atoms with E-state index in [1.54, 1.807) is 6.20 Å². The van der Waals surface area contributed by atoms with Gasteiger partial charge in [0.05, 0.1) is 18.8 Å². The molecule has 1 aromatic heterocycles. The standard InChI is InChI=1S/C11H16ClN3O3/c1-15(2)10-6(4-13-11(12)14-10)8-3-7(17)9(5-16)18-8/h4,7-9,16-17H,3,5H2,1-2H3/t7-,8+,9+/m0/s1. The molecule has 18 heavy (non-hydrogen) atoms. The molecular weight excluding hydrogens is 258 g/mol. The van der Waals surface area contributed by atoms with Crippen molar-refractivity contribution < 1.29 is 14.9 Å². The highest BCUT2D eigenvalue weighted by Crippen LogP contribution is 2.36. The molecule has 0 aromatic carbocycles. The maximum absolute atomic E-state index is 9.74. The molecule has 0 aliphatic carbocycles. The molecule has 0 spiro atoms. The number of halogens is 1. The van der Waals surface area contributed by atoms with Crippen molar-refractivity contribution in [3.63, 3.8) is 0 Å². The fourth-order valence-electron chi connectivity index (χ4n) is 2.04. The van der Waals surface area contributed by atoms with Crippen molar-refractivity contribution in [1.82, 2.24) is 9.97 Å². The molecule has 2 heterocycles. The Morgan fingerprint density at radius 1 is 1.56 bits per heavy atom. The lowest BCUT2D eigenvalue weighted by atomic mass is 10.1. The summed E-state index contributed by atoms with van der Waals surface area (Å²) in [6, 6.07) is 0. The zero-order valence-electron chi connectivity index (χ0n) is 10.2.